The highest BCUT2D eigenvalue weighted by Crippen LogP contribution is 2.15. The summed E-state index contributed by atoms with van der Waals surface area (Å²) in [5.74, 6) is -1.28. The van der Waals surface area contributed by atoms with E-state index in [4.69, 9.17) is 4.42 Å². The number of nitrogens with zero attached hydrogens (tertiary/aromatic N) is 2. The van der Waals surface area contributed by atoms with E-state index in [9.17, 15) is 19.2 Å². The fourth-order valence-electron chi connectivity index (χ4n) is 2.90. The molecule has 2 aromatic rings. The zero-order valence-electron chi connectivity index (χ0n) is 14.3. The average molecular weight is 361 g/mol. The number of H-pyrrole nitrogens is 1. The van der Waals surface area contributed by atoms with Gasteiger partial charge in [0.05, 0.1) is 19.0 Å². The van der Waals surface area contributed by atoms with Crippen LogP contribution in [0.5, 0.6) is 0 Å². The highest BCUT2D eigenvalue weighted by atomic mass is 16.5. The number of piperazine rings is 1. The van der Waals surface area contributed by atoms with Crippen LogP contribution in [0.15, 0.2) is 27.4 Å². The van der Waals surface area contributed by atoms with Crippen molar-refractivity contribution in [2.24, 2.45) is 0 Å². The Kier molecular flexibility index (Phi) is 5.06. The summed E-state index contributed by atoms with van der Waals surface area (Å²) in [4.78, 5) is 52.8. The van der Waals surface area contributed by atoms with Gasteiger partial charge in [-0.3, -0.25) is 19.4 Å². The molecule has 3 rings (SSSR count). The maximum absolute atomic E-state index is 12.6. The Morgan fingerprint density at radius 2 is 1.81 bits per heavy atom. The number of benzene rings is 1. The van der Waals surface area contributed by atoms with Gasteiger partial charge in [0.1, 0.15) is 0 Å². The molecule has 9 heteroatoms. The highest BCUT2D eigenvalue weighted by Gasteiger charge is 2.25. The second-order valence-electron chi connectivity index (χ2n) is 5.97. The quantitative estimate of drug-likeness (QED) is 0.787. The average Bonchev–Trinajstić information content (AvgIpc) is 3.04. The first kappa shape index (κ1) is 17.7. The van der Waals surface area contributed by atoms with Gasteiger partial charge in [-0.1, -0.05) is 0 Å². The number of oxazole rings is 1. The van der Waals surface area contributed by atoms with Gasteiger partial charge in [0.2, 0.25) is 5.91 Å². The molecule has 1 saturated heterocycles. The molecule has 1 aromatic heterocycles. The van der Waals surface area contributed by atoms with Crippen LogP contribution in [0, 0.1) is 0 Å². The van der Waals surface area contributed by atoms with Crippen molar-refractivity contribution in [1.29, 1.82) is 0 Å². The normalized spacial score (nSPS) is 14.5. The lowest BCUT2D eigenvalue weighted by Gasteiger charge is -2.34. The van der Waals surface area contributed by atoms with Crippen LogP contribution in [0.2, 0.25) is 0 Å². The topological polar surface area (TPSA) is 113 Å². The van der Waals surface area contributed by atoms with Crippen LogP contribution in [-0.4, -0.2) is 65.9 Å². The summed E-state index contributed by atoms with van der Waals surface area (Å²) in [6, 6.07) is 4.76. The zero-order chi connectivity index (χ0) is 18.7. The van der Waals surface area contributed by atoms with Gasteiger partial charge in [-0.2, -0.15) is 0 Å². The fraction of sp³-hybridized carbons (Fsp3) is 0.412. The molecule has 1 aliphatic heterocycles. The van der Waals surface area contributed by atoms with Crippen molar-refractivity contribution in [3.8, 4) is 0 Å². The van der Waals surface area contributed by atoms with E-state index in [1.54, 1.807) is 28.0 Å². The number of methoxy groups -OCH3 is 1. The second kappa shape index (κ2) is 7.42. The molecule has 1 N–H and O–H groups in total. The van der Waals surface area contributed by atoms with Gasteiger partial charge >= 0.3 is 11.7 Å². The molecule has 0 radical (unpaired) electrons. The maximum atomic E-state index is 12.6. The number of esters is 1. The number of hydrogen-bond donors (Lipinski definition) is 1. The van der Waals surface area contributed by atoms with E-state index in [2.05, 4.69) is 9.72 Å². The fourth-order valence-corrected chi connectivity index (χ4v) is 2.90. The number of carbonyl (C=O) groups is 3. The van der Waals surface area contributed by atoms with Crippen LogP contribution in [0.1, 0.15) is 23.2 Å². The van der Waals surface area contributed by atoms with Crippen LogP contribution < -0.4 is 5.76 Å². The second-order valence-corrected chi connectivity index (χ2v) is 5.97. The molecule has 0 spiro atoms. The Balaban J connectivity index is 1.58. The summed E-state index contributed by atoms with van der Waals surface area (Å²) in [6.07, 6.45) is 0.155. The third kappa shape index (κ3) is 3.76. The van der Waals surface area contributed by atoms with Crippen LogP contribution in [-0.2, 0) is 14.3 Å². The van der Waals surface area contributed by atoms with Gasteiger partial charge in [0, 0.05) is 38.2 Å². The standard InChI is InChI=1S/C17H19N3O6/c1-25-15(22)5-4-14(21)19-6-8-20(9-7-19)16(23)11-2-3-13-12(10-11)18-17(24)26-13/h2-3,10H,4-9H2,1H3,(H,18,24). The minimum Gasteiger partial charge on any atom is -0.469 e. The molecule has 26 heavy (non-hydrogen) atoms. The number of amides is 2. The Hall–Kier alpha value is -3.10. The largest absolute Gasteiger partial charge is 0.469 e. The van der Waals surface area contributed by atoms with Crippen molar-refractivity contribution in [1.82, 2.24) is 14.8 Å². The van der Waals surface area contributed by atoms with Crippen LogP contribution >= 0.6 is 0 Å². The van der Waals surface area contributed by atoms with Crippen molar-refractivity contribution in [3.63, 3.8) is 0 Å². The summed E-state index contributed by atoms with van der Waals surface area (Å²) in [7, 11) is 1.29. The third-order valence-electron chi connectivity index (χ3n) is 4.36. The van der Waals surface area contributed by atoms with Gasteiger partial charge < -0.3 is 19.0 Å². The molecular formula is C17H19N3O6. The predicted octanol–water partition coefficient (Wildman–Crippen LogP) is 0.359. The first-order chi connectivity index (χ1) is 12.5. The van der Waals surface area contributed by atoms with E-state index in [0.717, 1.165) is 0 Å². The van der Waals surface area contributed by atoms with Gasteiger partial charge in [-0.05, 0) is 18.2 Å². The van der Waals surface area contributed by atoms with Crippen LogP contribution in [0.4, 0.5) is 0 Å². The molecule has 2 amide bonds. The van der Waals surface area contributed by atoms with Crippen LogP contribution in [0.3, 0.4) is 0 Å². The summed E-state index contributed by atoms with van der Waals surface area (Å²) >= 11 is 0. The number of fused-ring (bicyclic) bond motifs is 1. The molecular weight excluding hydrogens is 342 g/mol. The van der Waals surface area contributed by atoms with Gasteiger partial charge in [-0.15, -0.1) is 0 Å². The lowest BCUT2D eigenvalue weighted by molar-refractivity contribution is -0.143. The molecule has 0 saturated carbocycles. The monoisotopic (exact) mass is 361 g/mol. The van der Waals surface area contributed by atoms with E-state index in [1.165, 1.54) is 7.11 Å². The summed E-state index contributed by atoms with van der Waals surface area (Å²) in [5, 5.41) is 0. The third-order valence-corrected chi connectivity index (χ3v) is 4.36. The van der Waals surface area contributed by atoms with E-state index in [1.807, 2.05) is 0 Å². The van der Waals surface area contributed by atoms with Gasteiger partial charge in [0.15, 0.2) is 5.58 Å². The zero-order valence-corrected chi connectivity index (χ0v) is 14.3. The number of hydrogen-bond acceptors (Lipinski definition) is 6. The lowest BCUT2D eigenvalue weighted by atomic mass is 10.1. The Bertz CT molecular complexity index is 891. The highest BCUT2D eigenvalue weighted by molar-refractivity contribution is 5.97. The van der Waals surface area contributed by atoms with E-state index in [0.29, 0.717) is 42.8 Å². The predicted molar refractivity (Wildman–Crippen MR) is 90.6 cm³/mol. The molecule has 0 atom stereocenters. The maximum Gasteiger partial charge on any atom is 0.417 e. The summed E-state index contributed by atoms with van der Waals surface area (Å²) in [6.45, 7) is 1.64. The Morgan fingerprint density at radius 3 is 2.50 bits per heavy atom. The number of aromatic nitrogens is 1. The van der Waals surface area contributed by atoms with Crippen molar-refractivity contribution >= 4 is 28.9 Å². The molecule has 0 bridgehead atoms. The number of carbonyl (C=O) groups excluding carboxylic acids is 3. The summed E-state index contributed by atoms with van der Waals surface area (Å²) in [5.41, 5.74) is 1.31. The number of rotatable bonds is 4. The Labute approximate surface area is 148 Å². The minimum absolute atomic E-state index is 0.0530. The lowest BCUT2D eigenvalue weighted by Crippen LogP contribution is -2.50. The van der Waals surface area contributed by atoms with E-state index >= 15 is 0 Å². The molecule has 0 unspecified atom stereocenters. The molecule has 1 aromatic carbocycles. The number of nitrogens with one attached hydrogen (secondary N) is 1. The first-order valence-electron chi connectivity index (χ1n) is 8.24. The van der Waals surface area contributed by atoms with E-state index < -0.39 is 11.7 Å². The SMILES string of the molecule is COC(=O)CCC(=O)N1CCN(C(=O)c2ccc3oc(=O)[nH]c3c2)CC1. The number of aromatic amines is 1. The smallest absolute Gasteiger partial charge is 0.417 e. The Morgan fingerprint density at radius 1 is 1.12 bits per heavy atom. The van der Waals surface area contributed by atoms with Crippen molar-refractivity contribution in [2.45, 2.75) is 12.8 Å². The van der Waals surface area contributed by atoms with Gasteiger partial charge in [0.25, 0.3) is 5.91 Å². The summed E-state index contributed by atoms with van der Waals surface area (Å²) < 4.78 is 9.45. The van der Waals surface area contributed by atoms with E-state index in [-0.39, 0.29) is 24.7 Å². The minimum atomic E-state index is -0.566. The molecule has 138 valence electrons. The van der Waals surface area contributed by atoms with Crippen molar-refractivity contribution in [3.05, 3.63) is 34.3 Å². The molecule has 0 aliphatic carbocycles. The molecule has 1 aliphatic rings. The van der Waals surface area contributed by atoms with Gasteiger partial charge in [-0.25, -0.2) is 4.79 Å². The van der Waals surface area contributed by atoms with Crippen molar-refractivity contribution < 1.29 is 23.5 Å². The number of ether oxygens (including phenoxy) is 1. The first-order valence-corrected chi connectivity index (χ1v) is 8.24. The van der Waals surface area contributed by atoms with Crippen LogP contribution in [0.25, 0.3) is 11.1 Å². The molecule has 2 heterocycles. The molecule has 1 fully saturated rings. The van der Waals surface area contributed by atoms with Crippen molar-refractivity contribution in [2.75, 3.05) is 33.3 Å². The molecule has 9 nitrogen and oxygen atoms in total.